The lowest BCUT2D eigenvalue weighted by Gasteiger charge is -2.10. The average molecular weight is 260 g/mol. The Kier molecular flexibility index (Phi) is 4.12. The molecule has 100 valence electrons. The summed E-state index contributed by atoms with van der Waals surface area (Å²) in [5, 5.41) is 3.08. The summed E-state index contributed by atoms with van der Waals surface area (Å²) in [6.45, 7) is 4.52. The quantitative estimate of drug-likeness (QED) is 0.915. The third-order valence-electron chi connectivity index (χ3n) is 2.74. The number of benzene rings is 1. The van der Waals surface area contributed by atoms with Gasteiger partial charge in [0.15, 0.2) is 0 Å². The molecule has 0 amide bonds. The molecule has 0 bridgehead atoms. The van der Waals surface area contributed by atoms with E-state index in [1.54, 1.807) is 6.07 Å². The number of ether oxygens (including phenoxy) is 1. The van der Waals surface area contributed by atoms with Crippen molar-refractivity contribution in [2.24, 2.45) is 0 Å². The molecule has 0 spiro atoms. The van der Waals surface area contributed by atoms with Gasteiger partial charge in [0, 0.05) is 24.4 Å². The second kappa shape index (κ2) is 5.80. The first-order valence-electron chi connectivity index (χ1n) is 6.14. The van der Waals surface area contributed by atoms with Crippen LogP contribution in [0.5, 0.6) is 11.6 Å². The number of aryl methyl sites for hydroxylation is 2. The number of hydrogen-bond acceptors (Lipinski definition) is 3. The fourth-order valence-electron chi connectivity index (χ4n) is 1.86. The summed E-state index contributed by atoms with van der Waals surface area (Å²) in [6.07, 6.45) is 0. The molecule has 0 fully saturated rings. The summed E-state index contributed by atoms with van der Waals surface area (Å²) in [6, 6.07) is 8.32. The third kappa shape index (κ3) is 3.51. The van der Waals surface area contributed by atoms with E-state index in [0.717, 1.165) is 23.4 Å². The standard InChI is InChI=1S/C15H17FN2O/c1-10-4-5-13(16)8-14(10)19-15-7-12(9-17-3)6-11(2)18-15/h4-8,17H,9H2,1-3H3. The van der Waals surface area contributed by atoms with Crippen LogP contribution in [-0.2, 0) is 6.54 Å². The molecule has 3 nitrogen and oxygen atoms in total. The molecule has 0 atom stereocenters. The van der Waals surface area contributed by atoms with E-state index in [4.69, 9.17) is 4.74 Å². The molecule has 1 heterocycles. The first kappa shape index (κ1) is 13.5. The van der Waals surface area contributed by atoms with E-state index in [1.807, 2.05) is 33.0 Å². The summed E-state index contributed by atoms with van der Waals surface area (Å²) >= 11 is 0. The molecular weight excluding hydrogens is 243 g/mol. The van der Waals surface area contributed by atoms with E-state index in [9.17, 15) is 4.39 Å². The minimum atomic E-state index is -0.316. The lowest BCUT2D eigenvalue weighted by atomic mass is 10.2. The lowest BCUT2D eigenvalue weighted by Crippen LogP contribution is -2.06. The van der Waals surface area contributed by atoms with Gasteiger partial charge in [0.25, 0.3) is 0 Å². The number of hydrogen-bond donors (Lipinski definition) is 1. The van der Waals surface area contributed by atoms with Crippen LogP contribution in [0.15, 0.2) is 30.3 Å². The third-order valence-corrected chi connectivity index (χ3v) is 2.74. The largest absolute Gasteiger partial charge is 0.439 e. The van der Waals surface area contributed by atoms with Crippen molar-refractivity contribution in [3.05, 3.63) is 53.0 Å². The van der Waals surface area contributed by atoms with Crippen molar-refractivity contribution in [1.29, 1.82) is 0 Å². The molecule has 1 aromatic heterocycles. The van der Waals surface area contributed by atoms with Gasteiger partial charge < -0.3 is 10.1 Å². The smallest absolute Gasteiger partial charge is 0.219 e. The molecule has 4 heteroatoms. The Balaban J connectivity index is 2.29. The maximum absolute atomic E-state index is 13.2. The fraction of sp³-hybridized carbons (Fsp3) is 0.267. The zero-order chi connectivity index (χ0) is 13.8. The Bertz CT molecular complexity index is 584. The monoisotopic (exact) mass is 260 g/mol. The Morgan fingerprint density at radius 3 is 2.74 bits per heavy atom. The Hall–Kier alpha value is -1.94. The molecule has 0 aliphatic rings. The molecule has 1 N–H and O–H groups in total. The van der Waals surface area contributed by atoms with Gasteiger partial charge in [-0.25, -0.2) is 9.37 Å². The van der Waals surface area contributed by atoms with Gasteiger partial charge in [-0.05, 0) is 44.2 Å². The molecule has 0 aliphatic carbocycles. The van der Waals surface area contributed by atoms with E-state index in [1.165, 1.54) is 12.1 Å². The maximum atomic E-state index is 13.2. The highest BCUT2D eigenvalue weighted by atomic mass is 19.1. The van der Waals surface area contributed by atoms with Crippen LogP contribution in [0.4, 0.5) is 4.39 Å². The minimum Gasteiger partial charge on any atom is -0.439 e. The van der Waals surface area contributed by atoms with E-state index >= 15 is 0 Å². The molecule has 0 aliphatic heterocycles. The predicted molar refractivity (Wildman–Crippen MR) is 72.9 cm³/mol. The van der Waals surface area contributed by atoms with Gasteiger partial charge in [-0.1, -0.05) is 6.07 Å². The molecule has 0 saturated heterocycles. The second-order valence-electron chi connectivity index (χ2n) is 4.50. The highest BCUT2D eigenvalue weighted by molar-refractivity contribution is 5.36. The van der Waals surface area contributed by atoms with Crippen molar-refractivity contribution in [3.8, 4) is 11.6 Å². The highest BCUT2D eigenvalue weighted by Crippen LogP contribution is 2.25. The zero-order valence-electron chi connectivity index (χ0n) is 11.3. The van der Waals surface area contributed by atoms with Gasteiger partial charge in [0.1, 0.15) is 11.6 Å². The van der Waals surface area contributed by atoms with Gasteiger partial charge in [-0.3, -0.25) is 0 Å². The van der Waals surface area contributed by atoms with Crippen molar-refractivity contribution in [2.45, 2.75) is 20.4 Å². The number of nitrogens with one attached hydrogen (secondary N) is 1. The lowest BCUT2D eigenvalue weighted by molar-refractivity contribution is 0.452. The van der Waals surface area contributed by atoms with Crippen molar-refractivity contribution in [1.82, 2.24) is 10.3 Å². The Labute approximate surface area is 112 Å². The van der Waals surface area contributed by atoms with Crippen LogP contribution >= 0.6 is 0 Å². The number of pyridine rings is 1. The summed E-state index contributed by atoms with van der Waals surface area (Å²) in [5.74, 6) is 0.663. The van der Waals surface area contributed by atoms with Gasteiger partial charge >= 0.3 is 0 Å². The first-order valence-corrected chi connectivity index (χ1v) is 6.14. The van der Waals surface area contributed by atoms with Crippen LogP contribution in [0.3, 0.4) is 0 Å². The normalized spacial score (nSPS) is 10.5. The Morgan fingerprint density at radius 2 is 2.00 bits per heavy atom. The number of halogens is 1. The molecule has 2 rings (SSSR count). The SMILES string of the molecule is CNCc1cc(C)nc(Oc2cc(F)ccc2C)c1. The molecule has 0 unspecified atom stereocenters. The average Bonchev–Trinajstić information content (AvgIpc) is 2.33. The first-order chi connectivity index (χ1) is 9.08. The highest BCUT2D eigenvalue weighted by Gasteiger charge is 2.06. The summed E-state index contributed by atoms with van der Waals surface area (Å²) in [4.78, 5) is 4.31. The van der Waals surface area contributed by atoms with E-state index < -0.39 is 0 Å². The molecule has 2 aromatic rings. The van der Waals surface area contributed by atoms with Crippen LogP contribution < -0.4 is 10.1 Å². The minimum absolute atomic E-state index is 0.316. The second-order valence-corrected chi connectivity index (χ2v) is 4.50. The maximum Gasteiger partial charge on any atom is 0.219 e. The summed E-state index contributed by atoms with van der Waals surface area (Å²) in [7, 11) is 1.88. The molecular formula is C15H17FN2O. The molecule has 19 heavy (non-hydrogen) atoms. The van der Waals surface area contributed by atoms with Gasteiger partial charge in [-0.15, -0.1) is 0 Å². The van der Waals surface area contributed by atoms with Crippen molar-refractivity contribution in [2.75, 3.05) is 7.05 Å². The number of aromatic nitrogens is 1. The number of nitrogens with zero attached hydrogens (tertiary/aromatic N) is 1. The summed E-state index contributed by atoms with van der Waals surface area (Å²) in [5.41, 5.74) is 2.83. The van der Waals surface area contributed by atoms with Gasteiger partial charge in [0.05, 0.1) is 0 Å². The fourth-order valence-corrected chi connectivity index (χ4v) is 1.86. The van der Waals surface area contributed by atoms with Crippen molar-refractivity contribution < 1.29 is 9.13 Å². The van der Waals surface area contributed by atoms with Crippen LogP contribution in [-0.4, -0.2) is 12.0 Å². The molecule has 0 saturated carbocycles. The van der Waals surface area contributed by atoms with Crippen LogP contribution in [0, 0.1) is 19.7 Å². The predicted octanol–water partition coefficient (Wildman–Crippen LogP) is 3.35. The van der Waals surface area contributed by atoms with Crippen LogP contribution in [0.2, 0.25) is 0 Å². The topological polar surface area (TPSA) is 34.2 Å². The zero-order valence-corrected chi connectivity index (χ0v) is 11.3. The van der Waals surface area contributed by atoms with Crippen LogP contribution in [0.25, 0.3) is 0 Å². The van der Waals surface area contributed by atoms with E-state index in [2.05, 4.69) is 10.3 Å². The van der Waals surface area contributed by atoms with Crippen LogP contribution in [0.1, 0.15) is 16.8 Å². The van der Waals surface area contributed by atoms with E-state index in [0.29, 0.717) is 11.6 Å². The number of rotatable bonds is 4. The van der Waals surface area contributed by atoms with Crippen molar-refractivity contribution >= 4 is 0 Å². The summed E-state index contributed by atoms with van der Waals surface area (Å²) < 4.78 is 18.9. The van der Waals surface area contributed by atoms with Crippen molar-refractivity contribution in [3.63, 3.8) is 0 Å². The van der Waals surface area contributed by atoms with E-state index in [-0.39, 0.29) is 5.82 Å². The Morgan fingerprint density at radius 1 is 1.21 bits per heavy atom. The van der Waals surface area contributed by atoms with Gasteiger partial charge in [-0.2, -0.15) is 0 Å². The molecule has 1 aromatic carbocycles. The van der Waals surface area contributed by atoms with Gasteiger partial charge in [0.2, 0.25) is 5.88 Å². The molecule has 0 radical (unpaired) electrons.